The summed E-state index contributed by atoms with van der Waals surface area (Å²) in [6.07, 6.45) is -4.47. The lowest BCUT2D eigenvalue weighted by atomic mass is 9.96. The Bertz CT molecular complexity index is 593. The zero-order chi connectivity index (χ0) is 14.0. The zero-order valence-corrected chi connectivity index (χ0v) is 10.2. The van der Waals surface area contributed by atoms with Gasteiger partial charge in [-0.15, -0.1) is 0 Å². The number of nitrogen functional groups attached to an aromatic ring is 1. The summed E-state index contributed by atoms with van der Waals surface area (Å²) in [7, 11) is 1.41. The maximum atomic E-state index is 13.1. The predicted molar refractivity (Wildman–Crippen MR) is 67.8 cm³/mol. The molecule has 5 heteroatoms. The van der Waals surface area contributed by atoms with Crippen LogP contribution in [0.15, 0.2) is 42.5 Å². The first-order chi connectivity index (χ1) is 8.95. The van der Waals surface area contributed by atoms with Crippen molar-refractivity contribution in [1.82, 2.24) is 0 Å². The quantitative estimate of drug-likeness (QED) is 0.836. The Balaban J connectivity index is 2.75. The van der Waals surface area contributed by atoms with Crippen LogP contribution in [0.1, 0.15) is 5.56 Å². The van der Waals surface area contributed by atoms with Crippen LogP contribution in [0.25, 0.3) is 11.1 Å². The van der Waals surface area contributed by atoms with E-state index < -0.39 is 11.7 Å². The SMILES string of the molecule is COc1ccccc1-c1c(N)cccc1C(F)(F)F. The molecule has 2 N–H and O–H groups in total. The highest BCUT2D eigenvalue weighted by atomic mass is 19.4. The minimum Gasteiger partial charge on any atom is -0.496 e. The van der Waals surface area contributed by atoms with E-state index in [4.69, 9.17) is 10.5 Å². The Morgan fingerprint density at radius 3 is 2.32 bits per heavy atom. The molecule has 19 heavy (non-hydrogen) atoms. The number of halogens is 3. The normalized spacial score (nSPS) is 11.4. The molecule has 0 saturated heterocycles. The average Bonchev–Trinajstić information content (AvgIpc) is 2.37. The first-order valence-electron chi connectivity index (χ1n) is 5.54. The van der Waals surface area contributed by atoms with E-state index in [1.165, 1.54) is 19.2 Å². The van der Waals surface area contributed by atoms with Gasteiger partial charge in [-0.3, -0.25) is 0 Å². The van der Waals surface area contributed by atoms with Gasteiger partial charge in [-0.05, 0) is 18.2 Å². The minimum absolute atomic E-state index is 0.0487. The van der Waals surface area contributed by atoms with E-state index in [-0.39, 0.29) is 11.3 Å². The third-order valence-electron chi connectivity index (χ3n) is 2.78. The van der Waals surface area contributed by atoms with Gasteiger partial charge >= 0.3 is 6.18 Å². The molecule has 0 aliphatic carbocycles. The summed E-state index contributed by atoms with van der Waals surface area (Å²) in [4.78, 5) is 0. The van der Waals surface area contributed by atoms with Gasteiger partial charge in [0.05, 0.1) is 12.7 Å². The number of nitrogens with two attached hydrogens (primary N) is 1. The lowest BCUT2D eigenvalue weighted by Crippen LogP contribution is -2.09. The van der Waals surface area contributed by atoms with Crippen LogP contribution in [0.5, 0.6) is 5.75 Å². The number of alkyl halides is 3. The summed E-state index contributed by atoms with van der Waals surface area (Å²) >= 11 is 0. The Kier molecular flexibility index (Phi) is 3.38. The van der Waals surface area contributed by atoms with E-state index in [0.29, 0.717) is 11.3 Å². The zero-order valence-electron chi connectivity index (χ0n) is 10.2. The third-order valence-corrected chi connectivity index (χ3v) is 2.78. The molecular formula is C14H12F3NO. The van der Waals surface area contributed by atoms with Crippen molar-refractivity contribution >= 4 is 5.69 Å². The van der Waals surface area contributed by atoms with Crippen LogP contribution in [0.3, 0.4) is 0 Å². The number of hydrogen-bond donors (Lipinski definition) is 1. The molecule has 2 aromatic rings. The predicted octanol–water partition coefficient (Wildman–Crippen LogP) is 3.96. The standard InChI is InChI=1S/C14H12F3NO/c1-19-12-8-3-2-5-9(12)13-10(14(15,16)17)6-4-7-11(13)18/h2-8H,18H2,1H3. The minimum atomic E-state index is -4.47. The largest absolute Gasteiger partial charge is 0.496 e. The Morgan fingerprint density at radius 1 is 1.00 bits per heavy atom. The van der Waals surface area contributed by atoms with E-state index in [2.05, 4.69) is 0 Å². The smallest absolute Gasteiger partial charge is 0.417 e. The van der Waals surface area contributed by atoms with Crippen molar-refractivity contribution in [2.24, 2.45) is 0 Å². The molecule has 0 atom stereocenters. The van der Waals surface area contributed by atoms with Crippen molar-refractivity contribution in [3.63, 3.8) is 0 Å². The van der Waals surface area contributed by atoms with Crippen molar-refractivity contribution < 1.29 is 17.9 Å². The van der Waals surface area contributed by atoms with Crippen LogP contribution < -0.4 is 10.5 Å². The highest BCUT2D eigenvalue weighted by Gasteiger charge is 2.35. The molecule has 0 saturated carbocycles. The van der Waals surface area contributed by atoms with Gasteiger partial charge in [0.2, 0.25) is 0 Å². The molecular weight excluding hydrogens is 255 g/mol. The second-order valence-electron chi connectivity index (χ2n) is 3.97. The molecule has 100 valence electrons. The fourth-order valence-electron chi connectivity index (χ4n) is 1.96. The van der Waals surface area contributed by atoms with Crippen molar-refractivity contribution in [3.05, 3.63) is 48.0 Å². The van der Waals surface area contributed by atoms with Crippen LogP contribution in [-0.2, 0) is 6.18 Å². The monoisotopic (exact) mass is 267 g/mol. The number of para-hydroxylation sites is 1. The number of methoxy groups -OCH3 is 1. The van der Waals surface area contributed by atoms with Crippen molar-refractivity contribution in [2.45, 2.75) is 6.18 Å². The molecule has 2 rings (SSSR count). The molecule has 0 aliphatic heterocycles. The van der Waals surface area contributed by atoms with Gasteiger partial charge in [0.1, 0.15) is 5.75 Å². The molecule has 0 radical (unpaired) electrons. The topological polar surface area (TPSA) is 35.2 Å². The number of benzene rings is 2. The summed E-state index contributed by atoms with van der Waals surface area (Å²) in [5, 5.41) is 0. The van der Waals surface area contributed by atoms with Gasteiger partial charge in [0.15, 0.2) is 0 Å². The summed E-state index contributed by atoms with van der Waals surface area (Å²) in [6.45, 7) is 0. The van der Waals surface area contributed by atoms with E-state index in [1.54, 1.807) is 24.3 Å². The van der Waals surface area contributed by atoms with Crippen LogP contribution >= 0.6 is 0 Å². The van der Waals surface area contributed by atoms with Crippen molar-refractivity contribution in [1.29, 1.82) is 0 Å². The summed E-state index contributed by atoms with van der Waals surface area (Å²) in [5.41, 5.74) is 5.30. The second-order valence-corrected chi connectivity index (χ2v) is 3.97. The summed E-state index contributed by atoms with van der Waals surface area (Å²) in [6, 6.07) is 10.2. The van der Waals surface area contributed by atoms with Crippen LogP contribution in [0.4, 0.5) is 18.9 Å². The number of rotatable bonds is 2. The maximum Gasteiger partial charge on any atom is 0.417 e. The summed E-state index contributed by atoms with van der Waals surface area (Å²) in [5.74, 6) is 0.353. The van der Waals surface area contributed by atoms with E-state index >= 15 is 0 Å². The van der Waals surface area contributed by atoms with Crippen LogP contribution in [0.2, 0.25) is 0 Å². The second kappa shape index (κ2) is 4.84. The molecule has 0 aromatic heterocycles. The van der Waals surface area contributed by atoms with E-state index in [1.807, 2.05) is 0 Å². The maximum absolute atomic E-state index is 13.1. The highest BCUT2D eigenvalue weighted by Crippen LogP contribution is 2.42. The molecule has 0 aliphatic rings. The highest BCUT2D eigenvalue weighted by molar-refractivity contribution is 5.83. The fraction of sp³-hybridized carbons (Fsp3) is 0.143. The van der Waals surface area contributed by atoms with Crippen LogP contribution in [-0.4, -0.2) is 7.11 Å². The molecule has 0 unspecified atom stereocenters. The third kappa shape index (κ3) is 2.50. The average molecular weight is 267 g/mol. The molecule has 0 fully saturated rings. The number of ether oxygens (including phenoxy) is 1. The van der Waals surface area contributed by atoms with E-state index in [9.17, 15) is 13.2 Å². The lowest BCUT2D eigenvalue weighted by molar-refractivity contribution is -0.137. The molecule has 0 spiro atoms. The first kappa shape index (κ1) is 13.3. The molecule has 0 bridgehead atoms. The molecule has 2 nitrogen and oxygen atoms in total. The van der Waals surface area contributed by atoms with Crippen molar-refractivity contribution in [3.8, 4) is 16.9 Å². The van der Waals surface area contributed by atoms with Gasteiger partial charge in [-0.25, -0.2) is 0 Å². The fourth-order valence-corrected chi connectivity index (χ4v) is 1.96. The molecule has 0 heterocycles. The van der Waals surface area contributed by atoms with Gasteiger partial charge in [-0.1, -0.05) is 24.3 Å². The van der Waals surface area contributed by atoms with Crippen molar-refractivity contribution in [2.75, 3.05) is 12.8 Å². The van der Waals surface area contributed by atoms with E-state index in [0.717, 1.165) is 6.07 Å². The van der Waals surface area contributed by atoms with Gasteiger partial charge in [-0.2, -0.15) is 13.2 Å². The Morgan fingerprint density at radius 2 is 1.68 bits per heavy atom. The Hall–Kier alpha value is -2.17. The summed E-state index contributed by atoms with van der Waals surface area (Å²) < 4.78 is 44.3. The van der Waals surface area contributed by atoms with Crippen LogP contribution in [0, 0.1) is 0 Å². The molecule has 0 amide bonds. The van der Waals surface area contributed by atoms with Gasteiger partial charge in [0.25, 0.3) is 0 Å². The number of hydrogen-bond acceptors (Lipinski definition) is 2. The Labute approximate surface area is 108 Å². The first-order valence-corrected chi connectivity index (χ1v) is 5.54. The number of anilines is 1. The molecule has 2 aromatic carbocycles. The van der Waals surface area contributed by atoms with Gasteiger partial charge < -0.3 is 10.5 Å². The lowest BCUT2D eigenvalue weighted by Gasteiger charge is -2.17. The van der Waals surface area contributed by atoms with Gasteiger partial charge in [0, 0.05) is 16.8 Å².